The Morgan fingerprint density at radius 3 is 2.59 bits per heavy atom. The normalized spacial score (nSPS) is 11.8. The Kier molecular flexibility index (Phi) is 5.46. The lowest BCUT2D eigenvalue weighted by molar-refractivity contribution is 0.102. The molecule has 1 atom stereocenters. The predicted molar refractivity (Wildman–Crippen MR) is 86.7 cm³/mol. The molecule has 0 aliphatic heterocycles. The minimum absolute atomic E-state index is 0.168. The molecule has 3 N–H and O–H groups in total. The fraction of sp³-hybridized carbons (Fsp3) is 0.250. The van der Waals surface area contributed by atoms with Gasteiger partial charge in [0.05, 0.1) is 7.11 Å². The van der Waals surface area contributed by atoms with Crippen molar-refractivity contribution in [2.75, 3.05) is 25.0 Å². The van der Waals surface area contributed by atoms with Crippen LogP contribution in [0.15, 0.2) is 42.6 Å². The fourth-order valence-electron chi connectivity index (χ4n) is 1.96. The van der Waals surface area contributed by atoms with Gasteiger partial charge in [0.25, 0.3) is 5.91 Å². The van der Waals surface area contributed by atoms with Crippen LogP contribution >= 0.6 is 0 Å². The molecule has 0 radical (unpaired) electrons. The molecule has 0 spiro atoms. The van der Waals surface area contributed by atoms with Crippen LogP contribution in [0.5, 0.6) is 0 Å². The average molecular weight is 300 g/mol. The van der Waals surface area contributed by atoms with Crippen molar-refractivity contribution >= 4 is 17.4 Å². The van der Waals surface area contributed by atoms with Gasteiger partial charge >= 0.3 is 0 Å². The number of nitrogens with zero attached hydrogens (tertiary/aromatic N) is 1. The standard InChI is InChI=1S/C16H20N4O2/c1-11(17-2)12-4-6-13(7-5-12)16(21)19-14-8-9-18-15(10-14)20-22-3/h4-11,17H,1-3H3,(H2,18,19,20,21). The van der Waals surface area contributed by atoms with Gasteiger partial charge in [0.2, 0.25) is 0 Å². The van der Waals surface area contributed by atoms with E-state index in [1.54, 1.807) is 18.3 Å². The molecule has 0 aliphatic rings. The van der Waals surface area contributed by atoms with Crippen LogP contribution in [0.3, 0.4) is 0 Å². The molecule has 0 bridgehead atoms. The summed E-state index contributed by atoms with van der Waals surface area (Å²) < 4.78 is 0. The fourth-order valence-corrected chi connectivity index (χ4v) is 1.96. The van der Waals surface area contributed by atoms with Crippen LogP contribution in [0.2, 0.25) is 0 Å². The lowest BCUT2D eigenvalue weighted by Gasteiger charge is -2.11. The maximum Gasteiger partial charge on any atom is 0.255 e. The van der Waals surface area contributed by atoms with E-state index >= 15 is 0 Å². The van der Waals surface area contributed by atoms with E-state index in [-0.39, 0.29) is 11.9 Å². The Morgan fingerprint density at radius 2 is 1.95 bits per heavy atom. The smallest absolute Gasteiger partial charge is 0.255 e. The molecule has 2 rings (SSSR count). The van der Waals surface area contributed by atoms with E-state index in [9.17, 15) is 4.79 Å². The molecule has 0 fully saturated rings. The molecule has 0 saturated heterocycles. The first kappa shape index (κ1) is 15.9. The molecule has 1 heterocycles. The first-order valence-corrected chi connectivity index (χ1v) is 6.97. The number of carbonyl (C=O) groups is 1. The molecule has 6 nitrogen and oxygen atoms in total. The van der Waals surface area contributed by atoms with E-state index in [1.807, 2.05) is 31.3 Å². The van der Waals surface area contributed by atoms with Gasteiger partial charge in [-0.3, -0.25) is 9.63 Å². The molecule has 1 unspecified atom stereocenters. The van der Waals surface area contributed by atoms with Crippen LogP contribution in [0.25, 0.3) is 0 Å². The largest absolute Gasteiger partial charge is 0.322 e. The molecular weight excluding hydrogens is 280 g/mol. The zero-order valence-electron chi connectivity index (χ0n) is 12.9. The van der Waals surface area contributed by atoms with E-state index in [2.05, 4.69) is 28.0 Å². The second kappa shape index (κ2) is 7.53. The van der Waals surface area contributed by atoms with Crippen molar-refractivity contribution in [2.24, 2.45) is 0 Å². The summed E-state index contributed by atoms with van der Waals surface area (Å²) in [6, 6.07) is 11.2. The van der Waals surface area contributed by atoms with E-state index in [0.29, 0.717) is 17.1 Å². The van der Waals surface area contributed by atoms with E-state index in [0.717, 1.165) is 5.56 Å². The van der Waals surface area contributed by atoms with Crippen molar-refractivity contribution in [3.05, 3.63) is 53.7 Å². The Morgan fingerprint density at radius 1 is 1.23 bits per heavy atom. The quantitative estimate of drug-likeness (QED) is 0.715. The number of nitrogens with one attached hydrogen (secondary N) is 3. The van der Waals surface area contributed by atoms with Gasteiger partial charge in [-0.25, -0.2) is 10.5 Å². The molecule has 116 valence electrons. The van der Waals surface area contributed by atoms with Gasteiger partial charge in [0.15, 0.2) is 5.82 Å². The van der Waals surface area contributed by atoms with Gasteiger partial charge in [-0.15, -0.1) is 0 Å². The predicted octanol–water partition coefficient (Wildman–Crippen LogP) is 2.59. The molecular formula is C16H20N4O2. The highest BCUT2D eigenvalue weighted by molar-refractivity contribution is 6.04. The Bertz CT molecular complexity index is 628. The van der Waals surface area contributed by atoms with Crippen molar-refractivity contribution in [1.82, 2.24) is 10.3 Å². The van der Waals surface area contributed by atoms with E-state index in [4.69, 9.17) is 4.84 Å². The molecule has 1 aromatic carbocycles. The monoisotopic (exact) mass is 300 g/mol. The third-order valence-electron chi connectivity index (χ3n) is 3.33. The van der Waals surface area contributed by atoms with Crippen molar-refractivity contribution in [1.29, 1.82) is 0 Å². The van der Waals surface area contributed by atoms with Crippen molar-refractivity contribution in [2.45, 2.75) is 13.0 Å². The molecule has 1 aromatic heterocycles. The first-order valence-electron chi connectivity index (χ1n) is 6.97. The summed E-state index contributed by atoms with van der Waals surface area (Å²) in [5.74, 6) is 0.358. The van der Waals surface area contributed by atoms with Crippen LogP contribution in [0.4, 0.5) is 11.5 Å². The van der Waals surface area contributed by atoms with Crippen LogP contribution in [-0.2, 0) is 4.84 Å². The minimum Gasteiger partial charge on any atom is -0.322 e. The maximum absolute atomic E-state index is 12.2. The molecule has 2 aromatic rings. The van der Waals surface area contributed by atoms with Gasteiger partial charge in [-0.2, -0.15) is 0 Å². The third-order valence-corrected chi connectivity index (χ3v) is 3.33. The van der Waals surface area contributed by atoms with Crippen LogP contribution in [-0.4, -0.2) is 25.0 Å². The SMILES string of the molecule is CNC(C)c1ccc(C(=O)Nc2ccnc(NOC)c2)cc1. The zero-order valence-corrected chi connectivity index (χ0v) is 12.9. The van der Waals surface area contributed by atoms with Crippen molar-refractivity contribution in [3.8, 4) is 0 Å². The summed E-state index contributed by atoms with van der Waals surface area (Å²) in [6.07, 6.45) is 1.59. The van der Waals surface area contributed by atoms with Gasteiger partial charge in [-0.1, -0.05) is 12.1 Å². The zero-order chi connectivity index (χ0) is 15.9. The Hall–Kier alpha value is -2.44. The number of hydrogen-bond donors (Lipinski definition) is 3. The highest BCUT2D eigenvalue weighted by Gasteiger charge is 2.08. The topological polar surface area (TPSA) is 75.3 Å². The van der Waals surface area contributed by atoms with Gasteiger partial charge in [-0.05, 0) is 37.7 Å². The molecule has 22 heavy (non-hydrogen) atoms. The summed E-state index contributed by atoms with van der Waals surface area (Å²) in [5, 5.41) is 5.99. The molecule has 6 heteroatoms. The number of pyridine rings is 1. The summed E-state index contributed by atoms with van der Waals surface area (Å²) in [7, 11) is 3.40. The summed E-state index contributed by atoms with van der Waals surface area (Å²) in [4.78, 5) is 21.1. The van der Waals surface area contributed by atoms with Gasteiger partial charge < -0.3 is 10.6 Å². The number of amides is 1. The third kappa shape index (κ3) is 4.03. The summed E-state index contributed by atoms with van der Waals surface area (Å²) in [5.41, 5.74) is 5.00. The number of aromatic nitrogens is 1. The molecule has 0 aliphatic carbocycles. The van der Waals surface area contributed by atoms with Gasteiger partial charge in [0, 0.05) is 29.6 Å². The average Bonchev–Trinajstić information content (AvgIpc) is 2.55. The minimum atomic E-state index is -0.168. The Balaban J connectivity index is 2.07. The number of rotatable bonds is 6. The van der Waals surface area contributed by atoms with E-state index in [1.165, 1.54) is 7.11 Å². The first-order chi connectivity index (χ1) is 10.6. The number of anilines is 2. The highest BCUT2D eigenvalue weighted by atomic mass is 16.6. The number of benzene rings is 1. The number of hydrogen-bond acceptors (Lipinski definition) is 5. The van der Waals surface area contributed by atoms with Crippen molar-refractivity contribution < 1.29 is 9.63 Å². The maximum atomic E-state index is 12.2. The lowest BCUT2D eigenvalue weighted by Crippen LogP contribution is -2.14. The van der Waals surface area contributed by atoms with E-state index < -0.39 is 0 Å². The lowest BCUT2D eigenvalue weighted by atomic mass is 10.1. The molecule has 1 amide bonds. The van der Waals surface area contributed by atoms with Crippen LogP contribution < -0.4 is 16.1 Å². The number of carbonyl (C=O) groups excluding carboxylic acids is 1. The second-order valence-corrected chi connectivity index (χ2v) is 4.82. The van der Waals surface area contributed by atoms with Crippen molar-refractivity contribution in [3.63, 3.8) is 0 Å². The Labute approximate surface area is 129 Å². The van der Waals surface area contributed by atoms with Crippen LogP contribution in [0.1, 0.15) is 28.9 Å². The highest BCUT2D eigenvalue weighted by Crippen LogP contribution is 2.16. The van der Waals surface area contributed by atoms with Gasteiger partial charge in [0.1, 0.15) is 0 Å². The summed E-state index contributed by atoms with van der Waals surface area (Å²) >= 11 is 0. The molecule has 0 saturated carbocycles. The van der Waals surface area contributed by atoms with Crippen LogP contribution in [0, 0.1) is 0 Å². The second-order valence-electron chi connectivity index (χ2n) is 4.82. The summed E-state index contributed by atoms with van der Waals surface area (Å²) in [6.45, 7) is 2.07.